The number of aryl methyl sites for hydroxylation is 2. The molecule has 0 saturated heterocycles. The lowest BCUT2D eigenvalue weighted by molar-refractivity contribution is 0.262. The predicted molar refractivity (Wildman–Crippen MR) is 101 cm³/mol. The third kappa shape index (κ3) is 3.93. The summed E-state index contributed by atoms with van der Waals surface area (Å²) in [7, 11) is 0. The van der Waals surface area contributed by atoms with Gasteiger partial charge < -0.3 is 5.32 Å². The zero-order valence-electron chi connectivity index (χ0n) is 13.3. The minimum atomic E-state index is -0.346. The molecule has 3 rings (SSSR count). The minimum absolute atomic E-state index is 0.346. The number of carbonyl (C=O) groups excluding carboxylic acids is 1. The fourth-order valence-corrected chi connectivity index (χ4v) is 3.28. The molecular weight excluding hydrogens is 342 g/mol. The molecule has 1 heterocycles. The lowest BCUT2D eigenvalue weighted by Crippen LogP contribution is -2.19. The maximum absolute atomic E-state index is 12.1. The normalized spacial score (nSPS) is 10.5. The summed E-state index contributed by atoms with van der Waals surface area (Å²) in [6.45, 7) is 4.04. The molecule has 0 aliphatic rings. The number of hydrogen-bond acceptors (Lipinski definition) is 3. The van der Waals surface area contributed by atoms with Crippen molar-refractivity contribution in [1.82, 2.24) is 4.98 Å². The molecule has 3 aromatic rings. The van der Waals surface area contributed by atoms with Crippen LogP contribution in [0.4, 0.5) is 15.6 Å². The predicted octanol–water partition coefficient (Wildman–Crippen LogP) is 5.72. The average Bonchev–Trinajstić information content (AvgIpc) is 2.88. The van der Waals surface area contributed by atoms with Crippen molar-refractivity contribution in [3.8, 4) is 11.3 Å². The minimum Gasteiger partial charge on any atom is -0.308 e. The molecule has 0 aliphatic carbocycles. The van der Waals surface area contributed by atoms with Gasteiger partial charge in [0.2, 0.25) is 0 Å². The van der Waals surface area contributed by atoms with Crippen LogP contribution in [-0.4, -0.2) is 11.0 Å². The second kappa shape index (κ2) is 7.03. The van der Waals surface area contributed by atoms with Crippen LogP contribution in [0.2, 0.25) is 5.02 Å². The molecule has 122 valence electrons. The molecule has 0 spiro atoms. The van der Waals surface area contributed by atoms with Gasteiger partial charge in [-0.05, 0) is 32.0 Å². The highest BCUT2D eigenvalue weighted by Crippen LogP contribution is 2.30. The van der Waals surface area contributed by atoms with Crippen LogP contribution in [0, 0.1) is 13.8 Å². The van der Waals surface area contributed by atoms with Gasteiger partial charge >= 0.3 is 6.03 Å². The van der Waals surface area contributed by atoms with Crippen molar-refractivity contribution in [3.05, 3.63) is 64.0 Å². The van der Waals surface area contributed by atoms with Crippen LogP contribution in [0.1, 0.15) is 10.4 Å². The fraction of sp³-hybridized carbons (Fsp3) is 0.111. The first-order valence-corrected chi connectivity index (χ1v) is 8.59. The summed E-state index contributed by atoms with van der Waals surface area (Å²) in [6.07, 6.45) is 0. The lowest BCUT2D eigenvalue weighted by atomic mass is 10.1. The highest BCUT2D eigenvalue weighted by molar-refractivity contribution is 7.16. The Bertz CT molecular complexity index is 874. The van der Waals surface area contributed by atoms with Gasteiger partial charge in [-0.3, -0.25) is 5.32 Å². The van der Waals surface area contributed by atoms with Crippen LogP contribution in [-0.2, 0) is 0 Å². The Balaban J connectivity index is 1.73. The molecule has 4 nitrogen and oxygen atoms in total. The molecule has 0 atom stereocenters. The number of aromatic nitrogens is 1. The zero-order valence-corrected chi connectivity index (χ0v) is 14.8. The number of carbonyl (C=O) groups is 1. The smallest absolute Gasteiger partial charge is 0.308 e. The maximum Gasteiger partial charge on any atom is 0.325 e. The fourth-order valence-electron chi connectivity index (χ4n) is 2.25. The molecule has 2 amide bonds. The molecule has 0 bridgehead atoms. The second-order valence-corrected chi connectivity index (χ2v) is 7.02. The molecule has 2 N–H and O–H groups in total. The molecular formula is C18H16ClN3OS. The van der Waals surface area contributed by atoms with E-state index in [0.29, 0.717) is 15.8 Å². The van der Waals surface area contributed by atoms with Crippen molar-refractivity contribution in [2.24, 2.45) is 0 Å². The van der Waals surface area contributed by atoms with Crippen molar-refractivity contribution in [1.29, 1.82) is 0 Å². The van der Waals surface area contributed by atoms with Gasteiger partial charge in [0.1, 0.15) is 0 Å². The average molecular weight is 358 g/mol. The molecule has 0 aliphatic heterocycles. The largest absolute Gasteiger partial charge is 0.325 e. The van der Waals surface area contributed by atoms with E-state index in [1.165, 1.54) is 16.9 Å². The Hall–Kier alpha value is -2.37. The Morgan fingerprint density at radius 2 is 1.83 bits per heavy atom. The number of halogens is 1. The van der Waals surface area contributed by atoms with Crippen LogP contribution in [0.25, 0.3) is 11.3 Å². The van der Waals surface area contributed by atoms with Gasteiger partial charge in [0, 0.05) is 21.2 Å². The summed E-state index contributed by atoms with van der Waals surface area (Å²) in [4.78, 5) is 17.7. The number of urea groups is 1. The van der Waals surface area contributed by atoms with Crippen LogP contribution >= 0.6 is 22.9 Å². The van der Waals surface area contributed by atoms with Crippen LogP contribution in [0.15, 0.2) is 48.5 Å². The first-order valence-electron chi connectivity index (χ1n) is 7.39. The first-order chi connectivity index (χ1) is 11.5. The van der Waals surface area contributed by atoms with E-state index in [2.05, 4.69) is 15.6 Å². The van der Waals surface area contributed by atoms with Crippen LogP contribution < -0.4 is 10.6 Å². The number of hydrogen-bond donors (Lipinski definition) is 2. The number of nitrogens with zero attached hydrogens (tertiary/aromatic N) is 1. The third-order valence-electron chi connectivity index (χ3n) is 3.42. The van der Waals surface area contributed by atoms with Crippen molar-refractivity contribution >= 4 is 39.8 Å². The standard InChI is InChI=1S/C18H16ClN3OS/c1-11-6-8-13(9-7-11)16-12(2)24-18(21-16)22-17(23)20-15-5-3-4-14(19)10-15/h3-10H,1-2H3,(H2,20,21,22,23). The maximum atomic E-state index is 12.1. The van der Waals surface area contributed by atoms with Gasteiger partial charge in [-0.2, -0.15) is 0 Å². The monoisotopic (exact) mass is 357 g/mol. The molecule has 0 saturated carbocycles. The van der Waals surface area contributed by atoms with E-state index >= 15 is 0 Å². The topological polar surface area (TPSA) is 54.0 Å². The highest BCUT2D eigenvalue weighted by atomic mass is 35.5. The molecule has 2 aromatic carbocycles. The molecule has 6 heteroatoms. The Morgan fingerprint density at radius 1 is 1.08 bits per heavy atom. The van der Waals surface area contributed by atoms with E-state index in [9.17, 15) is 4.79 Å². The van der Waals surface area contributed by atoms with Gasteiger partial charge in [0.25, 0.3) is 0 Å². The molecule has 0 unspecified atom stereocenters. The summed E-state index contributed by atoms with van der Waals surface area (Å²) in [5.41, 5.74) is 3.76. The highest BCUT2D eigenvalue weighted by Gasteiger charge is 2.12. The number of anilines is 2. The quantitative estimate of drug-likeness (QED) is 0.629. The van der Waals surface area contributed by atoms with E-state index < -0.39 is 0 Å². The summed E-state index contributed by atoms with van der Waals surface area (Å²) < 4.78 is 0. The van der Waals surface area contributed by atoms with E-state index in [-0.39, 0.29) is 6.03 Å². The SMILES string of the molecule is Cc1ccc(-c2nc(NC(=O)Nc3cccc(Cl)c3)sc2C)cc1. The van der Waals surface area contributed by atoms with E-state index in [1.54, 1.807) is 24.3 Å². The number of benzene rings is 2. The van der Waals surface area contributed by atoms with Gasteiger partial charge in [0.15, 0.2) is 5.13 Å². The summed E-state index contributed by atoms with van der Waals surface area (Å²) in [5, 5.41) is 6.63. The number of thiazole rings is 1. The zero-order chi connectivity index (χ0) is 17.1. The van der Waals surface area contributed by atoms with Gasteiger partial charge in [-0.1, -0.05) is 47.5 Å². The van der Waals surface area contributed by atoms with E-state index in [1.807, 2.05) is 38.1 Å². The van der Waals surface area contributed by atoms with Crippen LogP contribution in [0.3, 0.4) is 0 Å². The van der Waals surface area contributed by atoms with Gasteiger partial charge in [0.05, 0.1) is 5.69 Å². The summed E-state index contributed by atoms with van der Waals surface area (Å²) in [6, 6.07) is 14.8. The lowest BCUT2D eigenvalue weighted by Gasteiger charge is -2.05. The van der Waals surface area contributed by atoms with E-state index in [0.717, 1.165) is 16.1 Å². The van der Waals surface area contributed by atoms with Crippen molar-refractivity contribution < 1.29 is 4.79 Å². The second-order valence-electron chi connectivity index (χ2n) is 5.38. The third-order valence-corrected chi connectivity index (χ3v) is 4.55. The Morgan fingerprint density at radius 3 is 2.54 bits per heavy atom. The van der Waals surface area contributed by atoms with Gasteiger partial charge in [-0.25, -0.2) is 9.78 Å². The Kier molecular flexibility index (Phi) is 4.83. The first kappa shape index (κ1) is 16.5. The molecule has 0 radical (unpaired) electrons. The van der Waals surface area contributed by atoms with E-state index in [4.69, 9.17) is 11.6 Å². The molecule has 1 aromatic heterocycles. The van der Waals surface area contributed by atoms with Crippen LogP contribution in [0.5, 0.6) is 0 Å². The number of amides is 2. The number of rotatable bonds is 3. The molecule has 24 heavy (non-hydrogen) atoms. The van der Waals surface area contributed by atoms with Gasteiger partial charge in [-0.15, -0.1) is 11.3 Å². The Labute approximate surface area is 149 Å². The number of nitrogens with one attached hydrogen (secondary N) is 2. The summed E-state index contributed by atoms with van der Waals surface area (Å²) >= 11 is 7.36. The van der Waals surface area contributed by atoms with Crippen molar-refractivity contribution in [2.45, 2.75) is 13.8 Å². The molecule has 0 fully saturated rings. The van der Waals surface area contributed by atoms with Crippen molar-refractivity contribution in [3.63, 3.8) is 0 Å². The summed E-state index contributed by atoms with van der Waals surface area (Å²) in [5.74, 6) is 0. The van der Waals surface area contributed by atoms with Crippen molar-refractivity contribution in [2.75, 3.05) is 10.6 Å².